The minimum absolute atomic E-state index is 0.00773. The van der Waals surface area contributed by atoms with Crippen molar-refractivity contribution >= 4 is 11.9 Å². The molecule has 1 aliphatic heterocycles. The van der Waals surface area contributed by atoms with E-state index in [2.05, 4.69) is 10.1 Å². The van der Waals surface area contributed by atoms with Gasteiger partial charge in [-0.1, -0.05) is 20.8 Å². The number of hydrogen-bond acceptors (Lipinski definition) is 3. The van der Waals surface area contributed by atoms with Gasteiger partial charge in [0.25, 0.3) is 0 Å². The summed E-state index contributed by atoms with van der Waals surface area (Å²) in [5.41, 5.74) is -0.425. The van der Waals surface area contributed by atoms with Gasteiger partial charge in [-0.15, -0.1) is 0 Å². The summed E-state index contributed by atoms with van der Waals surface area (Å²) in [6.45, 7) is 5.62. The third-order valence-corrected chi connectivity index (χ3v) is 1.73. The SMILES string of the molecule is CC(C)(C)C(=O)[C@H]1COC(=O)N1. The predicted molar refractivity (Wildman–Crippen MR) is 42.7 cm³/mol. The molecule has 1 amide bonds. The Morgan fingerprint density at radius 1 is 1.58 bits per heavy atom. The zero-order valence-corrected chi connectivity index (χ0v) is 7.51. The predicted octanol–water partition coefficient (Wildman–Crippen LogP) is 0.710. The Morgan fingerprint density at radius 3 is 2.50 bits per heavy atom. The standard InChI is InChI=1S/C8H13NO3/c1-8(2,3)6(10)5-4-12-7(11)9-5/h5H,4H2,1-3H3,(H,9,11)/t5-/m1/s1. The molecule has 0 bridgehead atoms. The van der Waals surface area contributed by atoms with Gasteiger partial charge in [-0.2, -0.15) is 0 Å². The Labute approximate surface area is 71.3 Å². The molecule has 0 aromatic rings. The molecule has 12 heavy (non-hydrogen) atoms. The fraction of sp³-hybridized carbons (Fsp3) is 0.750. The number of ether oxygens (including phenoxy) is 1. The first kappa shape index (κ1) is 9.03. The fourth-order valence-electron chi connectivity index (χ4n) is 1.05. The number of Topliss-reactive ketones (excluding diaryl/α,β-unsaturated/α-hetero) is 1. The molecule has 0 aromatic carbocycles. The number of carbonyl (C=O) groups is 2. The molecule has 0 aliphatic carbocycles. The van der Waals surface area contributed by atoms with Crippen LogP contribution in [0.2, 0.25) is 0 Å². The lowest BCUT2D eigenvalue weighted by Crippen LogP contribution is -2.41. The first-order valence-electron chi connectivity index (χ1n) is 3.89. The Morgan fingerprint density at radius 2 is 2.17 bits per heavy atom. The third-order valence-electron chi connectivity index (χ3n) is 1.73. The van der Waals surface area contributed by atoms with Crippen molar-refractivity contribution < 1.29 is 14.3 Å². The van der Waals surface area contributed by atoms with E-state index in [1.165, 1.54) is 0 Å². The van der Waals surface area contributed by atoms with Crippen LogP contribution in [0.3, 0.4) is 0 Å². The highest BCUT2D eigenvalue weighted by Crippen LogP contribution is 2.18. The molecule has 0 spiro atoms. The van der Waals surface area contributed by atoms with Gasteiger partial charge >= 0.3 is 6.09 Å². The first-order chi connectivity index (χ1) is 5.41. The Bertz CT molecular complexity index is 217. The lowest BCUT2D eigenvalue weighted by molar-refractivity contribution is -0.128. The lowest BCUT2D eigenvalue weighted by atomic mass is 9.87. The highest BCUT2D eigenvalue weighted by molar-refractivity contribution is 5.92. The molecule has 0 unspecified atom stereocenters. The summed E-state index contributed by atoms with van der Waals surface area (Å²) in [6, 6.07) is -0.461. The summed E-state index contributed by atoms with van der Waals surface area (Å²) in [7, 11) is 0. The van der Waals surface area contributed by atoms with E-state index in [0.29, 0.717) is 0 Å². The minimum Gasteiger partial charge on any atom is -0.447 e. The van der Waals surface area contributed by atoms with Crippen molar-refractivity contribution in [3.8, 4) is 0 Å². The van der Waals surface area contributed by atoms with Gasteiger partial charge < -0.3 is 10.1 Å². The minimum atomic E-state index is -0.502. The molecule has 1 aliphatic rings. The van der Waals surface area contributed by atoms with Gasteiger partial charge in [0.1, 0.15) is 12.6 Å². The molecule has 0 aromatic heterocycles. The number of ketones is 1. The van der Waals surface area contributed by atoms with Gasteiger partial charge in [-0.05, 0) is 0 Å². The van der Waals surface area contributed by atoms with Gasteiger partial charge in [0, 0.05) is 5.41 Å². The molecule has 1 atom stereocenters. The zero-order chi connectivity index (χ0) is 9.35. The van der Waals surface area contributed by atoms with Crippen LogP contribution in [0.25, 0.3) is 0 Å². The molecule has 1 rings (SSSR count). The maximum Gasteiger partial charge on any atom is 0.407 e. The maximum absolute atomic E-state index is 11.5. The summed E-state index contributed by atoms with van der Waals surface area (Å²) < 4.78 is 4.61. The molecule has 4 nitrogen and oxygen atoms in total. The van der Waals surface area contributed by atoms with Crippen LogP contribution in [0.15, 0.2) is 0 Å². The van der Waals surface area contributed by atoms with Crippen molar-refractivity contribution in [2.24, 2.45) is 5.41 Å². The van der Waals surface area contributed by atoms with Gasteiger partial charge in [0.05, 0.1) is 0 Å². The Kier molecular flexibility index (Phi) is 2.08. The van der Waals surface area contributed by atoms with E-state index < -0.39 is 17.6 Å². The van der Waals surface area contributed by atoms with E-state index in [9.17, 15) is 9.59 Å². The highest BCUT2D eigenvalue weighted by Gasteiger charge is 2.35. The van der Waals surface area contributed by atoms with Crippen LogP contribution in [-0.4, -0.2) is 24.5 Å². The molecule has 0 radical (unpaired) electrons. The van der Waals surface area contributed by atoms with E-state index in [1.54, 1.807) is 0 Å². The number of nitrogens with one attached hydrogen (secondary N) is 1. The molecule has 1 saturated heterocycles. The normalized spacial score (nSPS) is 23.2. The summed E-state index contributed by atoms with van der Waals surface area (Å²) in [5.74, 6) is 0.00773. The van der Waals surface area contributed by atoms with Crippen LogP contribution in [0.1, 0.15) is 20.8 Å². The second-order valence-electron chi connectivity index (χ2n) is 3.91. The van der Waals surface area contributed by atoms with Crippen LogP contribution in [-0.2, 0) is 9.53 Å². The lowest BCUT2D eigenvalue weighted by Gasteiger charge is -2.19. The molecular formula is C8H13NO3. The van der Waals surface area contributed by atoms with Crippen LogP contribution in [0, 0.1) is 5.41 Å². The van der Waals surface area contributed by atoms with E-state index in [1.807, 2.05) is 20.8 Å². The monoisotopic (exact) mass is 171 g/mol. The van der Waals surface area contributed by atoms with Gasteiger partial charge in [-0.25, -0.2) is 4.79 Å². The number of carbonyl (C=O) groups excluding carboxylic acids is 2. The van der Waals surface area contributed by atoms with Crippen LogP contribution in [0.4, 0.5) is 4.79 Å². The van der Waals surface area contributed by atoms with E-state index >= 15 is 0 Å². The highest BCUT2D eigenvalue weighted by atomic mass is 16.6. The first-order valence-corrected chi connectivity index (χ1v) is 3.89. The number of hydrogen-bond donors (Lipinski definition) is 1. The molecular weight excluding hydrogens is 158 g/mol. The van der Waals surface area contributed by atoms with Crippen LogP contribution >= 0.6 is 0 Å². The summed E-state index contributed by atoms with van der Waals surface area (Å²) in [5, 5.41) is 2.45. The van der Waals surface area contributed by atoms with Gasteiger partial charge in [0.2, 0.25) is 0 Å². The quantitative estimate of drug-likeness (QED) is 0.632. The fourth-order valence-corrected chi connectivity index (χ4v) is 1.05. The van der Waals surface area contributed by atoms with Crippen molar-refractivity contribution in [1.82, 2.24) is 5.32 Å². The summed E-state index contributed by atoms with van der Waals surface area (Å²) >= 11 is 0. The van der Waals surface area contributed by atoms with Gasteiger partial charge in [0.15, 0.2) is 5.78 Å². The van der Waals surface area contributed by atoms with Crippen molar-refractivity contribution in [1.29, 1.82) is 0 Å². The summed E-state index contributed by atoms with van der Waals surface area (Å²) in [6.07, 6.45) is -0.502. The average molecular weight is 171 g/mol. The molecule has 1 N–H and O–H groups in total. The topological polar surface area (TPSA) is 55.4 Å². The molecule has 4 heteroatoms. The maximum atomic E-state index is 11.5. The molecule has 1 heterocycles. The number of rotatable bonds is 1. The molecule has 1 fully saturated rings. The molecule has 68 valence electrons. The van der Waals surface area contributed by atoms with Crippen molar-refractivity contribution in [2.45, 2.75) is 26.8 Å². The van der Waals surface area contributed by atoms with Gasteiger partial charge in [-0.3, -0.25) is 4.79 Å². The second-order valence-corrected chi connectivity index (χ2v) is 3.91. The smallest absolute Gasteiger partial charge is 0.407 e. The average Bonchev–Trinajstić information content (AvgIpc) is 2.32. The van der Waals surface area contributed by atoms with Crippen LogP contribution in [0.5, 0.6) is 0 Å². The van der Waals surface area contributed by atoms with Crippen molar-refractivity contribution in [3.63, 3.8) is 0 Å². The summed E-state index contributed by atoms with van der Waals surface area (Å²) in [4.78, 5) is 22.1. The van der Waals surface area contributed by atoms with E-state index in [4.69, 9.17) is 0 Å². The van der Waals surface area contributed by atoms with Crippen molar-refractivity contribution in [2.75, 3.05) is 6.61 Å². The number of cyclic esters (lactones) is 1. The number of amides is 1. The Hall–Kier alpha value is -1.06. The third kappa shape index (κ3) is 1.75. The Balaban J connectivity index is 2.61. The largest absolute Gasteiger partial charge is 0.447 e. The zero-order valence-electron chi connectivity index (χ0n) is 7.51. The second kappa shape index (κ2) is 2.77. The molecule has 0 saturated carbocycles. The van der Waals surface area contributed by atoms with E-state index in [0.717, 1.165) is 0 Å². The van der Waals surface area contributed by atoms with Crippen LogP contribution < -0.4 is 5.32 Å². The number of alkyl carbamates (subject to hydrolysis) is 1. The van der Waals surface area contributed by atoms with Crippen molar-refractivity contribution in [3.05, 3.63) is 0 Å². The van der Waals surface area contributed by atoms with E-state index in [-0.39, 0.29) is 12.4 Å².